The van der Waals surface area contributed by atoms with Crippen molar-refractivity contribution in [3.8, 4) is 11.5 Å². The van der Waals surface area contributed by atoms with Crippen molar-refractivity contribution in [1.29, 1.82) is 0 Å². The van der Waals surface area contributed by atoms with Gasteiger partial charge in [-0.3, -0.25) is 0 Å². The molecule has 2 aromatic rings. The second-order valence-corrected chi connectivity index (χ2v) is 4.47. The third kappa shape index (κ3) is 5.83. The molecule has 0 atom stereocenters. The number of phenolic OH excluding ortho intramolecular Hbond substituents is 2. The number of ether oxygens (including phenoxy) is 3. The summed E-state index contributed by atoms with van der Waals surface area (Å²) in [7, 11) is 0. The molecule has 0 fully saturated rings. The highest BCUT2D eigenvalue weighted by Gasteiger charge is 1.96. The lowest BCUT2D eigenvalue weighted by Gasteiger charge is -2.07. The highest BCUT2D eigenvalue weighted by molar-refractivity contribution is 5.25. The van der Waals surface area contributed by atoms with Crippen LogP contribution in [0.2, 0.25) is 0 Å². The van der Waals surface area contributed by atoms with Crippen molar-refractivity contribution in [3.63, 3.8) is 0 Å². The van der Waals surface area contributed by atoms with E-state index in [-0.39, 0.29) is 25.1 Å². The predicted molar refractivity (Wildman–Crippen MR) is 76.6 cm³/mol. The summed E-state index contributed by atoms with van der Waals surface area (Å²) >= 11 is 0. The van der Waals surface area contributed by atoms with Crippen LogP contribution in [-0.4, -0.2) is 23.8 Å². The van der Waals surface area contributed by atoms with Crippen LogP contribution in [0.3, 0.4) is 0 Å². The zero-order valence-corrected chi connectivity index (χ0v) is 11.6. The van der Waals surface area contributed by atoms with Gasteiger partial charge in [0, 0.05) is 0 Å². The number of aromatic hydroxyl groups is 2. The van der Waals surface area contributed by atoms with Crippen molar-refractivity contribution in [1.82, 2.24) is 0 Å². The summed E-state index contributed by atoms with van der Waals surface area (Å²) in [6, 6.07) is 13.6. The van der Waals surface area contributed by atoms with Crippen molar-refractivity contribution >= 4 is 0 Å². The van der Waals surface area contributed by atoms with Crippen molar-refractivity contribution < 1.29 is 24.4 Å². The maximum Gasteiger partial charge on any atom is 0.150 e. The molecule has 0 saturated heterocycles. The van der Waals surface area contributed by atoms with E-state index < -0.39 is 0 Å². The van der Waals surface area contributed by atoms with E-state index >= 15 is 0 Å². The van der Waals surface area contributed by atoms with Crippen LogP contribution >= 0.6 is 0 Å². The first-order valence-electron chi connectivity index (χ1n) is 6.53. The fourth-order valence-corrected chi connectivity index (χ4v) is 1.66. The van der Waals surface area contributed by atoms with Gasteiger partial charge < -0.3 is 24.4 Å². The Hall–Kier alpha value is -2.08. The number of phenols is 2. The summed E-state index contributed by atoms with van der Waals surface area (Å²) in [4.78, 5) is 0. The molecule has 2 rings (SSSR count). The van der Waals surface area contributed by atoms with Crippen LogP contribution in [0.4, 0.5) is 0 Å². The normalized spacial score (nSPS) is 10.7. The zero-order chi connectivity index (χ0) is 14.9. The van der Waals surface area contributed by atoms with Crippen LogP contribution in [0.25, 0.3) is 0 Å². The predicted octanol–water partition coefficient (Wildman–Crippen LogP) is 2.76. The van der Waals surface area contributed by atoms with Crippen LogP contribution in [0.5, 0.6) is 11.5 Å². The summed E-state index contributed by atoms with van der Waals surface area (Å²) in [5.41, 5.74) is 1.92. The number of benzene rings is 2. The molecule has 0 unspecified atom stereocenters. The second kappa shape index (κ2) is 8.26. The zero-order valence-electron chi connectivity index (χ0n) is 11.6. The lowest BCUT2D eigenvalue weighted by Crippen LogP contribution is -2.04. The minimum absolute atomic E-state index is 0.135. The molecule has 0 radical (unpaired) electrons. The molecule has 0 aliphatic heterocycles. The van der Waals surface area contributed by atoms with Crippen LogP contribution in [0.15, 0.2) is 48.5 Å². The van der Waals surface area contributed by atoms with Crippen molar-refractivity contribution in [2.24, 2.45) is 0 Å². The molecule has 21 heavy (non-hydrogen) atoms. The van der Waals surface area contributed by atoms with E-state index in [0.29, 0.717) is 13.2 Å². The molecule has 0 amide bonds. The van der Waals surface area contributed by atoms with Crippen molar-refractivity contribution in [3.05, 3.63) is 59.7 Å². The molecule has 0 saturated carbocycles. The Bertz CT molecular complexity index is 472. The maximum atomic E-state index is 9.14. The van der Waals surface area contributed by atoms with Crippen LogP contribution in [0, 0.1) is 0 Å². The number of hydrogen-bond donors (Lipinski definition) is 2. The first-order chi connectivity index (χ1) is 10.2. The molecule has 5 heteroatoms. The number of hydrogen-bond acceptors (Lipinski definition) is 5. The Labute approximate surface area is 123 Å². The molecule has 0 bridgehead atoms. The van der Waals surface area contributed by atoms with Gasteiger partial charge in [-0.25, -0.2) is 0 Å². The van der Waals surface area contributed by atoms with Gasteiger partial charge in [-0.1, -0.05) is 24.3 Å². The van der Waals surface area contributed by atoms with E-state index in [9.17, 15) is 0 Å². The molecule has 2 N–H and O–H groups in total. The van der Waals surface area contributed by atoms with Crippen LogP contribution < -0.4 is 0 Å². The molecule has 0 aliphatic carbocycles. The van der Waals surface area contributed by atoms with E-state index in [1.807, 2.05) is 0 Å². The summed E-state index contributed by atoms with van der Waals surface area (Å²) < 4.78 is 15.8. The van der Waals surface area contributed by atoms with Crippen molar-refractivity contribution in [2.75, 3.05) is 13.6 Å². The second-order valence-electron chi connectivity index (χ2n) is 4.47. The SMILES string of the molecule is Oc1ccc(COCOCOCc2ccc(O)cc2)cc1. The van der Waals surface area contributed by atoms with Gasteiger partial charge in [0.25, 0.3) is 0 Å². The largest absolute Gasteiger partial charge is 0.508 e. The fraction of sp³-hybridized carbons (Fsp3) is 0.250. The summed E-state index contributed by atoms with van der Waals surface area (Å²) in [5.74, 6) is 0.468. The minimum atomic E-state index is 0.135. The smallest absolute Gasteiger partial charge is 0.150 e. The lowest BCUT2D eigenvalue weighted by molar-refractivity contribution is -0.139. The summed E-state index contributed by atoms with van der Waals surface area (Å²) in [6.45, 7) is 1.10. The van der Waals surface area contributed by atoms with Gasteiger partial charge >= 0.3 is 0 Å². The Morgan fingerprint density at radius 3 is 1.33 bits per heavy atom. The van der Waals surface area contributed by atoms with Gasteiger partial charge in [0.05, 0.1) is 13.2 Å². The molecule has 0 heterocycles. The number of rotatable bonds is 8. The van der Waals surface area contributed by atoms with E-state index in [2.05, 4.69) is 0 Å². The minimum Gasteiger partial charge on any atom is -0.508 e. The third-order valence-corrected chi connectivity index (χ3v) is 2.74. The van der Waals surface area contributed by atoms with E-state index in [4.69, 9.17) is 24.4 Å². The van der Waals surface area contributed by atoms with Gasteiger partial charge in [0.15, 0.2) is 0 Å². The first kappa shape index (κ1) is 15.3. The maximum absolute atomic E-state index is 9.14. The molecule has 5 nitrogen and oxygen atoms in total. The molecule has 112 valence electrons. The van der Waals surface area contributed by atoms with Gasteiger partial charge in [0.1, 0.15) is 25.1 Å². The Kier molecular flexibility index (Phi) is 6.02. The molecule has 0 aromatic heterocycles. The van der Waals surface area contributed by atoms with Gasteiger partial charge in [0.2, 0.25) is 0 Å². The monoisotopic (exact) mass is 290 g/mol. The van der Waals surface area contributed by atoms with E-state index in [1.165, 1.54) is 0 Å². The standard InChI is InChI=1S/C16H18O5/c17-15-5-1-13(2-6-15)9-19-11-21-12-20-10-14-3-7-16(18)8-4-14/h1-8,17-18H,9-12H2. The Morgan fingerprint density at radius 1 is 0.571 bits per heavy atom. The topological polar surface area (TPSA) is 68.2 Å². The van der Waals surface area contributed by atoms with Gasteiger partial charge in [-0.15, -0.1) is 0 Å². The fourth-order valence-electron chi connectivity index (χ4n) is 1.66. The Balaban J connectivity index is 1.52. The summed E-state index contributed by atoms with van der Waals surface area (Å²) in [5, 5.41) is 18.3. The Morgan fingerprint density at radius 2 is 0.952 bits per heavy atom. The summed E-state index contributed by atoms with van der Waals surface area (Å²) in [6.07, 6.45) is 0. The van der Waals surface area contributed by atoms with Gasteiger partial charge in [-0.2, -0.15) is 0 Å². The third-order valence-electron chi connectivity index (χ3n) is 2.74. The van der Waals surface area contributed by atoms with Crippen LogP contribution in [-0.2, 0) is 27.4 Å². The lowest BCUT2D eigenvalue weighted by atomic mass is 10.2. The quantitative estimate of drug-likeness (QED) is 0.578. The molecule has 0 aliphatic rings. The average Bonchev–Trinajstić information content (AvgIpc) is 2.50. The van der Waals surface area contributed by atoms with Gasteiger partial charge in [-0.05, 0) is 35.4 Å². The average molecular weight is 290 g/mol. The van der Waals surface area contributed by atoms with Crippen LogP contribution in [0.1, 0.15) is 11.1 Å². The van der Waals surface area contributed by atoms with Crippen molar-refractivity contribution in [2.45, 2.75) is 13.2 Å². The first-order valence-corrected chi connectivity index (χ1v) is 6.53. The van der Waals surface area contributed by atoms with E-state index in [0.717, 1.165) is 11.1 Å². The molecular weight excluding hydrogens is 272 g/mol. The molecular formula is C16H18O5. The molecule has 0 spiro atoms. The highest BCUT2D eigenvalue weighted by atomic mass is 16.7. The van der Waals surface area contributed by atoms with E-state index in [1.54, 1.807) is 48.5 Å². The highest BCUT2D eigenvalue weighted by Crippen LogP contribution is 2.11. The molecule has 2 aromatic carbocycles.